The molecule has 50 heavy (non-hydrogen) atoms. The van der Waals surface area contributed by atoms with Gasteiger partial charge in [0.25, 0.3) is 11.8 Å². The van der Waals surface area contributed by atoms with E-state index in [9.17, 15) is 19.8 Å². The molecule has 4 aromatic rings. The number of benzene rings is 2. The van der Waals surface area contributed by atoms with Crippen molar-refractivity contribution in [3.8, 4) is 0 Å². The Labute approximate surface area is 301 Å². The van der Waals surface area contributed by atoms with Crippen molar-refractivity contribution in [3.63, 3.8) is 0 Å². The summed E-state index contributed by atoms with van der Waals surface area (Å²) in [6.45, 7) is 0.0381. The van der Waals surface area contributed by atoms with E-state index in [1.54, 1.807) is 54.6 Å². The number of nitrogens with two attached hydrogens (primary N) is 1. The molecule has 14 nitrogen and oxygen atoms in total. The molecule has 2 heterocycles. The molecular formula is C34H42Cl2N8O6. The number of carbonyl (C=O) groups excluding carboxylic acids is 2. The van der Waals surface area contributed by atoms with E-state index in [0.29, 0.717) is 53.0 Å². The lowest BCUT2D eigenvalue weighted by molar-refractivity contribution is 0.0903. The van der Waals surface area contributed by atoms with Gasteiger partial charge in [-0.1, -0.05) is 48.0 Å². The van der Waals surface area contributed by atoms with Crippen LogP contribution in [0.15, 0.2) is 85.5 Å². The summed E-state index contributed by atoms with van der Waals surface area (Å²) in [5.41, 5.74) is 6.64. The Hall–Kier alpha value is -4.28. The lowest BCUT2D eigenvalue weighted by atomic mass is 10.1. The summed E-state index contributed by atoms with van der Waals surface area (Å²) in [4.78, 5) is 39.6. The second-order valence-corrected chi connectivity index (χ2v) is 12.1. The van der Waals surface area contributed by atoms with Gasteiger partial charge in [-0.05, 0) is 49.9 Å². The maximum atomic E-state index is 12.1. The van der Waals surface area contributed by atoms with Crippen molar-refractivity contribution < 1.29 is 30.0 Å². The van der Waals surface area contributed by atoms with Crippen molar-refractivity contribution in [3.05, 3.63) is 102 Å². The number of aliphatic hydroxyl groups is 4. The van der Waals surface area contributed by atoms with Crippen molar-refractivity contribution in [2.24, 2.45) is 17.6 Å². The number of hydrogen-bond acceptors (Lipinski definition) is 12. The number of aromatic nitrogens is 4. The van der Waals surface area contributed by atoms with Gasteiger partial charge in [-0.25, -0.2) is 19.9 Å². The fraction of sp³-hybridized carbons (Fsp3) is 0.353. The zero-order chi connectivity index (χ0) is 35.2. The third kappa shape index (κ3) is 12.6. The van der Waals surface area contributed by atoms with Crippen LogP contribution in [0.25, 0.3) is 0 Å². The van der Waals surface area contributed by atoms with Crippen molar-refractivity contribution in [2.75, 3.05) is 29.2 Å². The average Bonchev–Trinajstić information content (AvgIpc) is 3.64. The topological polar surface area (TPSA) is 229 Å². The molecule has 6 rings (SSSR count). The molecule has 2 aliphatic carbocycles. The first-order chi connectivity index (χ1) is 23.6. The molecule has 0 radical (unpaired) electrons. The minimum absolute atomic E-state index is 0. The molecule has 2 amide bonds. The van der Waals surface area contributed by atoms with Crippen LogP contribution >= 0.6 is 24.0 Å². The Morgan fingerprint density at radius 3 is 1.64 bits per heavy atom. The first-order valence-electron chi connectivity index (χ1n) is 15.8. The standard InChI is InChI=1S/C17H20N4O3.C11H8ClN3O.C6H13NO2.ClH/c22-9-12-6-13(7-14(12)23)20-15-8-16(19-10-18-15)21-17(24)11-4-2-1-3-5-11;12-9-6-10(14-7-13-9)15-11(16)8-4-2-1-3-5-8;7-5-1-4(3-8)6(9)2-5;/h1-5,8,10,12-14,22-23H,6-7,9H2,(H2,18,19,20,21,24);1-7H,(H,13,14,15,16);4-6,8-9H,1-3,7H2;1H/t12-,13-,14+;;4-,5-,6+;/m1.1./s1. The summed E-state index contributed by atoms with van der Waals surface area (Å²) in [6, 6.07) is 21.0. The molecule has 6 atom stereocenters. The van der Waals surface area contributed by atoms with Crippen LogP contribution in [-0.2, 0) is 0 Å². The van der Waals surface area contributed by atoms with E-state index in [1.165, 1.54) is 18.7 Å². The van der Waals surface area contributed by atoms with Crippen LogP contribution < -0.4 is 21.7 Å². The van der Waals surface area contributed by atoms with Gasteiger partial charge in [-0.3, -0.25) is 9.59 Å². The highest BCUT2D eigenvalue weighted by atomic mass is 35.5. The van der Waals surface area contributed by atoms with E-state index in [2.05, 4.69) is 35.9 Å². The summed E-state index contributed by atoms with van der Waals surface area (Å²) < 4.78 is 0. The normalized spacial score (nSPS) is 22.0. The molecule has 2 aromatic heterocycles. The van der Waals surface area contributed by atoms with Crippen LogP contribution in [0.2, 0.25) is 5.15 Å². The van der Waals surface area contributed by atoms with Gasteiger partial charge in [0, 0.05) is 60.4 Å². The Balaban J connectivity index is 0.000000224. The Morgan fingerprint density at radius 1 is 0.700 bits per heavy atom. The van der Waals surface area contributed by atoms with Gasteiger partial charge in [0.15, 0.2) is 0 Å². The maximum Gasteiger partial charge on any atom is 0.256 e. The predicted octanol–water partition coefficient (Wildman–Crippen LogP) is 3.15. The molecule has 268 valence electrons. The summed E-state index contributed by atoms with van der Waals surface area (Å²) >= 11 is 5.67. The van der Waals surface area contributed by atoms with E-state index in [0.717, 1.165) is 6.42 Å². The monoisotopic (exact) mass is 728 g/mol. The van der Waals surface area contributed by atoms with E-state index < -0.39 is 6.10 Å². The minimum Gasteiger partial charge on any atom is -0.396 e. The number of halogens is 2. The van der Waals surface area contributed by atoms with Crippen molar-refractivity contribution in [2.45, 2.75) is 50.0 Å². The molecule has 9 N–H and O–H groups in total. The first kappa shape index (κ1) is 40.2. The second kappa shape index (κ2) is 20.4. The van der Waals surface area contributed by atoms with Crippen LogP contribution in [0.5, 0.6) is 0 Å². The zero-order valence-electron chi connectivity index (χ0n) is 27.0. The summed E-state index contributed by atoms with van der Waals surface area (Å²) in [5.74, 6) is 0.811. The number of rotatable bonds is 8. The molecule has 0 bridgehead atoms. The summed E-state index contributed by atoms with van der Waals surface area (Å²) in [5, 5.41) is 45.7. The smallest absolute Gasteiger partial charge is 0.256 e. The molecular weight excluding hydrogens is 687 g/mol. The average molecular weight is 730 g/mol. The molecule has 0 spiro atoms. The number of amides is 2. The third-order valence-corrected chi connectivity index (χ3v) is 8.23. The van der Waals surface area contributed by atoms with E-state index in [4.69, 9.17) is 27.5 Å². The lowest BCUT2D eigenvalue weighted by Gasteiger charge is -2.13. The molecule has 0 aliphatic heterocycles. The maximum absolute atomic E-state index is 12.1. The van der Waals surface area contributed by atoms with E-state index in [1.807, 2.05) is 12.1 Å². The van der Waals surface area contributed by atoms with Gasteiger partial charge in [0.05, 0.1) is 12.2 Å². The lowest BCUT2D eigenvalue weighted by Crippen LogP contribution is -2.18. The molecule has 2 aliphatic rings. The van der Waals surface area contributed by atoms with Crippen LogP contribution in [0, 0.1) is 11.8 Å². The molecule has 2 fully saturated rings. The number of nitrogens with zero attached hydrogens (tertiary/aromatic N) is 4. The number of carbonyl (C=O) groups is 2. The largest absolute Gasteiger partial charge is 0.396 e. The van der Waals surface area contributed by atoms with Crippen molar-refractivity contribution in [1.29, 1.82) is 0 Å². The van der Waals surface area contributed by atoms with Crippen LogP contribution in [0.3, 0.4) is 0 Å². The Morgan fingerprint density at radius 2 is 1.18 bits per heavy atom. The zero-order valence-corrected chi connectivity index (χ0v) is 28.6. The Bertz CT molecular complexity index is 1630. The fourth-order valence-corrected chi connectivity index (χ4v) is 5.58. The number of nitrogens with one attached hydrogen (secondary N) is 3. The fourth-order valence-electron chi connectivity index (χ4n) is 5.43. The van der Waals surface area contributed by atoms with Gasteiger partial charge >= 0.3 is 0 Å². The van der Waals surface area contributed by atoms with Gasteiger partial charge in [-0.2, -0.15) is 0 Å². The second-order valence-electron chi connectivity index (χ2n) is 11.7. The van der Waals surface area contributed by atoms with Crippen molar-refractivity contribution in [1.82, 2.24) is 19.9 Å². The van der Waals surface area contributed by atoms with E-state index >= 15 is 0 Å². The van der Waals surface area contributed by atoms with Gasteiger partial charge in [0.1, 0.15) is 35.3 Å². The predicted molar refractivity (Wildman–Crippen MR) is 192 cm³/mol. The molecule has 0 saturated heterocycles. The molecule has 0 unspecified atom stereocenters. The third-order valence-electron chi connectivity index (χ3n) is 8.03. The SMILES string of the molecule is Cl.N[C@@H]1C[C@H](CO)[C@@H](O)C1.O=C(Nc1cc(Cl)ncn1)c1ccccc1.O=C(Nc1cc(N[C@@H]2C[C@H](CO)[C@@H](O)C2)ncn1)c1ccccc1. The molecule has 16 heteroatoms. The van der Waals surface area contributed by atoms with Gasteiger partial charge in [0.2, 0.25) is 0 Å². The van der Waals surface area contributed by atoms with Crippen molar-refractivity contribution >= 4 is 53.3 Å². The Kier molecular flexibility index (Phi) is 16.4. The van der Waals surface area contributed by atoms with Crippen LogP contribution in [0.4, 0.5) is 17.5 Å². The minimum atomic E-state index is -0.508. The molecule has 2 saturated carbocycles. The summed E-state index contributed by atoms with van der Waals surface area (Å²) in [6.07, 6.45) is 4.43. The highest BCUT2D eigenvalue weighted by Crippen LogP contribution is 2.28. The number of anilines is 3. The van der Waals surface area contributed by atoms with E-state index in [-0.39, 0.29) is 67.5 Å². The van der Waals surface area contributed by atoms with Gasteiger partial charge < -0.3 is 42.1 Å². The highest BCUT2D eigenvalue weighted by molar-refractivity contribution is 6.29. The highest BCUT2D eigenvalue weighted by Gasteiger charge is 2.32. The van der Waals surface area contributed by atoms with Crippen LogP contribution in [-0.4, -0.2) is 89.7 Å². The number of hydrogen-bond donors (Lipinski definition) is 8. The first-order valence-corrected chi connectivity index (χ1v) is 16.1. The van der Waals surface area contributed by atoms with Crippen LogP contribution in [0.1, 0.15) is 46.4 Å². The molecule has 2 aromatic carbocycles. The van der Waals surface area contributed by atoms with Gasteiger partial charge in [-0.15, -0.1) is 12.4 Å². The quantitative estimate of drug-likeness (QED) is 0.122. The summed E-state index contributed by atoms with van der Waals surface area (Å²) in [7, 11) is 0. The number of aliphatic hydroxyl groups excluding tert-OH is 4.